The summed E-state index contributed by atoms with van der Waals surface area (Å²) in [4.78, 5) is 7.81. The van der Waals surface area contributed by atoms with Gasteiger partial charge < -0.3 is 5.11 Å². The van der Waals surface area contributed by atoms with Gasteiger partial charge in [0, 0.05) is 24.5 Å². The minimum Gasteiger partial charge on any atom is -0.379 e. The van der Waals surface area contributed by atoms with Crippen LogP contribution in [0.4, 0.5) is 8.78 Å². The fourth-order valence-electron chi connectivity index (χ4n) is 2.06. The average molecular weight is 348 g/mol. The lowest BCUT2D eigenvalue weighted by molar-refractivity contribution is 0.201. The molecule has 0 saturated heterocycles. The molecule has 1 N–H and O–H groups in total. The minimum atomic E-state index is -1.34. The minimum absolute atomic E-state index is 0.0113. The second kappa shape index (κ2) is 6.31. The molecule has 0 aliphatic carbocycles. The molecule has 0 fully saturated rings. The Morgan fingerprint density at radius 2 is 1.88 bits per heavy atom. The number of halogens is 3. The zero-order valence-electron chi connectivity index (χ0n) is 11.9. The van der Waals surface area contributed by atoms with Gasteiger partial charge in [0.2, 0.25) is 0 Å². The van der Waals surface area contributed by atoms with E-state index in [1.807, 2.05) is 6.07 Å². The van der Waals surface area contributed by atoms with E-state index in [4.69, 9.17) is 16.9 Å². The zero-order valence-corrected chi connectivity index (χ0v) is 12.6. The van der Waals surface area contributed by atoms with Crippen LogP contribution in [0.25, 0.3) is 5.69 Å². The summed E-state index contributed by atoms with van der Waals surface area (Å²) in [5, 5.41) is 23.7. The molecule has 3 rings (SSSR count). The number of nitrogens with zero attached hydrogens (tertiary/aromatic N) is 5. The van der Waals surface area contributed by atoms with Crippen LogP contribution in [0, 0.1) is 23.0 Å². The number of nitriles is 1. The van der Waals surface area contributed by atoms with Crippen molar-refractivity contribution in [3.8, 4) is 11.8 Å². The Morgan fingerprint density at radius 1 is 1.17 bits per heavy atom. The summed E-state index contributed by atoms with van der Waals surface area (Å²) < 4.78 is 27.7. The van der Waals surface area contributed by atoms with Crippen molar-refractivity contribution in [2.24, 2.45) is 0 Å². The van der Waals surface area contributed by atoms with E-state index in [0.29, 0.717) is 0 Å². The van der Waals surface area contributed by atoms with Gasteiger partial charge in [-0.25, -0.2) is 23.4 Å². The number of aliphatic hydroxyl groups is 1. The second-order valence-electron chi connectivity index (χ2n) is 4.74. The predicted octanol–water partition coefficient (Wildman–Crippen LogP) is 2.55. The van der Waals surface area contributed by atoms with E-state index in [2.05, 4.69) is 15.1 Å². The van der Waals surface area contributed by atoms with Crippen LogP contribution in [-0.2, 0) is 0 Å². The fraction of sp³-hybridized carbons (Fsp3) is 0.0667. The molecule has 1 unspecified atom stereocenters. The molecule has 120 valence electrons. The second-order valence-corrected chi connectivity index (χ2v) is 5.17. The molecule has 3 aromatic rings. The maximum absolute atomic E-state index is 13.5. The van der Waals surface area contributed by atoms with Crippen molar-refractivity contribution in [2.75, 3.05) is 0 Å². The highest BCUT2D eigenvalue weighted by molar-refractivity contribution is 6.30. The van der Waals surface area contributed by atoms with Crippen LogP contribution in [-0.4, -0.2) is 24.9 Å². The number of hydrogen-bond donors (Lipinski definition) is 1. The molecule has 6 nitrogen and oxygen atoms in total. The highest BCUT2D eigenvalue weighted by Gasteiger charge is 2.22. The Labute approximate surface area is 139 Å². The first-order valence-corrected chi connectivity index (χ1v) is 6.98. The van der Waals surface area contributed by atoms with Crippen LogP contribution >= 0.6 is 11.6 Å². The quantitative estimate of drug-likeness (QED) is 0.786. The fourth-order valence-corrected chi connectivity index (χ4v) is 2.16. The Bertz CT molecular complexity index is 936. The molecule has 2 aromatic heterocycles. The largest absolute Gasteiger partial charge is 0.379 e. The number of benzene rings is 1. The van der Waals surface area contributed by atoms with Gasteiger partial charge in [-0.05, 0) is 12.1 Å². The van der Waals surface area contributed by atoms with E-state index >= 15 is 0 Å². The van der Waals surface area contributed by atoms with Crippen LogP contribution < -0.4 is 0 Å². The summed E-state index contributed by atoms with van der Waals surface area (Å²) in [6, 6.07) is 6.23. The van der Waals surface area contributed by atoms with Gasteiger partial charge in [-0.3, -0.25) is 0 Å². The molecule has 2 heterocycles. The molecule has 1 aromatic carbocycles. The third kappa shape index (κ3) is 2.95. The number of rotatable bonds is 3. The first kappa shape index (κ1) is 16.0. The van der Waals surface area contributed by atoms with Crippen LogP contribution in [0.2, 0.25) is 5.02 Å². The van der Waals surface area contributed by atoms with Gasteiger partial charge in [0.05, 0.1) is 16.4 Å². The van der Waals surface area contributed by atoms with E-state index in [1.165, 1.54) is 24.5 Å². The summed E-state index contributed by atoms with van der Waals surface area (Å²) >= 11 is 5.70. The lowest BCUT2D eigenvalue weighted by Crippen LogP contribution is -2.11. The molecule has 0 bridgehead atoms. The van der Waals surface area contributed by atoms with Crippen molar-refractivity contribution < 1.29 is 13.9 Å². The molecule has 0 amide bonds. The molecule has 0 aliphatic rings. The average Bonchev–Trinajstić information content (AvgIpc) is 3.02. The van der Waals surface area contributed by atoms with Crippen molar-refractivity contribution in [1.82, 2.24) is 19.7 Å². The van der Waals surface area contributed by atoms with Crippen molar-refractivity contribution in [2.45, 2.75) is 6.10 Å². The van der Waals surface area contributed by atoms with Gasteiger partial charge in [-0.1, -0.05) is 11.6 Å². The maximum atomic E-state index is 13.5. The number of hydrogen-bond acceptors (Lipinski definition) is 5. The SMILES string of the molecule is N#Cc1cc(C(O)c2ncc(Cl)cn2)n(-c2ccc(F)c(F)c2)n1. The highest BCUT2D eigenvalue weighted by atomic mass is 35.5. The lowest BCUT2D eigenvalue weighted by atomic mass is 10.2. The molecule has 0 spiro atoms. The summed E-state index contributed by atoms with van der Waals surface area (Å²) in [6.07, 6.45) is 1.26. The molecule has 9 heteroatoms. The van der Waals surface area contributed by atoms with Crippen LogP contribution in [0.3, 0.4) is 0 Å². The molecule has 1 atom stereocenters. The summed E-state index contributed by atoms with van der Waals surface area (Å²) in [6.45, 7) is 0. The molecule has 24 heavy (non-hydrogen) atoms. The number of aromatic nitrogens is 4. The van der Waals surface area contributed by atoms with Crippen molar-refractivity contribution >= 4 is 11.6 Å². The Morgan fingerprint density at radius 3 is 2.50 bits per heavy atom. The molecule has 0 saturated carbocycles. The van der Waals surface area contributed by atoms with Gasteiger partial charge in [0.25, 0.3) is 0 Å². The third-order valence-electron chi connectivity index (χ3n) is 3.16. The van der Waals surface area contributed by atoms with E-state index in [9.17, 15) is 13.9 Å². The normalized spacial score (nSPS) is 12.0. The van der Waals surface area contributed by atoms with Crippen LogP contribution in [0.1, 0.15) is 23.3 Å². The van der Waals surface area contributed by atoms with Gasteiger partial charge in [0.15, 0.2) is 29.3 Å². The van der Waals surface area contributed by atoms with E-state index < -0.39 is 17.7 Å². The molecule has 0 radical (unpaired) electrons. The number of aliphatic hydroxyl groups excluding tert-OH is 1. The Kier molecular flexibility index (Phi) is 4.20. The maximum Gasteiger partial charge on any atom is 0.163 e. The van der Waals surface area contributed by atoms with E-state index in [1.54, 1.807) is 0 Å². The van der Waals surface area contributed by atoms with Crippen LogP contribution in [0.15, 0.2) is 36.7 Å². The van der Waals surface area contributed by atoms with Crippen molar-refractivity contribution in [3.05, 3.63) is 70.5 Å². The van der Waals surface area contributed by atoms with Gasteiger partial charge in [-0.2, -0.15) is 10.4 Å². The Hall–Kier alpha value is -2.89. The third-order valence-corrected chi connectivity index (χ3v) is 3.36. The van der Waals surface area contributed by atoms with Gasteiger partial charge in [-0.15, -0.1) is 0 Å². The molecular formula is C15H8ClF2N5O. The smallest absolute Gasteiger partial charge is 0.163 e. The van der Waals surface area contributed by atoms with Crippen LogP contribution in [0.5, 0.6) is 0 Å². The van der Waals surface area contributed by atoms with E-state index in [0.717, 1.165) is 16.8 Å². The lowest BCUT2D eigenvalue weighted by Gasteiger charge is -2.12. The Balaban J connectivity index is 2.10. The van der Waals surface area contributed by atoms with Crippen molar-refractivity contribution in [3.63, 3.8) is 0 Å². The first-order valence-electron chi connectivity index (χ1n) is 6.60. The topological polar surface area (TPSA) is 87.6 Å². The summed E-state index contributed by atoms with van der Waals surface area (Å²) in [5.41, 5.74) is 0.251. The predicted molar refractivity (Wildman–Crippen MR) is 79.3 cm³/mol. The van der Waals surface area contributed by atoms with E-state index in [-0.39, 0.29) is 27.9 Å². The summed E-state index contributed by atoms with van der Waals surface area (Å²) in [5.74, 6) is -2.08. The van der Waals surface area contributed by atoms with Gasteiger partial charge >= 0.3 is 0 Å². The summed E-state index contributed by atoms with van der Waals surface area (Å²) in [7, 11) is 0. The molecule has 0 aliphatic heterocycles. The zero-order chi connectivity index (χ0) is 17.3. The first-order chi connectivity index (χ1) is 11.5. The van der Waals surface area contributed by atoms with Crippen molar-refractivity contribution in [1.29, 1.82) is 5.26 Å². The monoisotopic (exact) mass is 347 g/mol. The molecular weight excluding hydrogens is 340 g/mol. The standard InChI is InChI=1S/C15H8ClF2N5O/c16-8-6-20-15(21-7-8)14(24)13-3-9(5-19)22-23(13)10-1-2-11(17)12(18)4-10/h1-4,6-7,14,24H. The van der Waals surface area contributed by atoms with Gasteiger partial charge in [0.1, 0.15) is 6.07 Å². The highest BCUT2D eigenvalue weighted by Crippen LogP contribution is 2.24.